The van der Waals surface area contributed by atoms with Crippen molar-refractivity contribution in [3.63, 3.8) is 0 Å². The summed E-state index contributed by atoms with van der Waals surface area (Å²) in [5.74, 6) is 0.880. The Hall–Kier alpha value is -0.120. The van der Waals surface area contributed by atoms with Gasteiger partial charge in [0.1, 0.15) is 0 Å². The lowest BCUT2D eigenvalue weighted by Crippen LogP contribution is -2.50. The molecule has 0 unspecified atom stereocenters. The highest BCUT2D eigenvalue weighted by Crippen LogP contribution is 2.31. The van der Waals surface area contributed by atoms with Crippen LogP contribution in [0.4, 0.5) is 0 Å². The molecule has 0 aromatic rings. The maximum atomic E-state index is 5.52. The van der Waals surface area contributed by atoms with Crippen molar-refractivity contribution in [1.82, 2.24) is 4.90 Å². The monoisotopic (exact) mass is 198 g/mol. The fourth-order valence-electron chi connectivity index (χ4n) is 2.30. The molecule has 0 spiro atoms. The number of hydrogen-bond donors (Lipinski definition) is 1. The molecule has 0 radical (unpaired) electrons. The summed E-state index contributed by atoms with van der Waals surface area (Å²) in [4.78, 5) is 2.55. The fourth-order valence-corrected chi connectivity index (χ4v) is 2.30. The number of rotatable bonds is 5. The van der Waals surface area contributed by atoms with Crippen molar-refractivity contribution in [2.24, 2.45) is 17.1 Å². The van der Waals surface area contributed by atoms with E-state index in [1.807, 2.05) is 0 Å². The van der Waals surface area contributed by atoms with Gasteiger partial charge >= 0.3 is 0 Å². The molecule has 82 valence electrons. The van der Waals surface area contributed by atoms with Gasteiger partial charge in [0.15, 0.2) is 0 Å². The van der Waals surface area contributed by atoms with Crippen LogP contribution in [0.25, 0.3) is 0 Å². The minimum atomic E-state index is 0.485. The van der Waals surface area contributed by atoms with E-state index in [4.69, 9.17) is 10.5 Å². The normalized spacial score (nSPS) is 27.0. The van der Waals surface area contributed by atoms with Gasteiger partial charge in [-0.25, -0.2) is 0 Å². The van der Waals surface area contributed by atoms with Gasteiger partial charge in [-0.1, -0.05) is 6.92 Å². The first-order valence-corrected chi connectivity index (χ1v) is 5.72. The van der Waals surface area contributed by atoms with Crippen molar-refractivity contribution in [3.05, 3.63) is 0 Å². The lowest BCUT2D eigenvalue weighted by atomic mass is 9.84. The van der Waals surface area contributed by atoms with Gasteiger partial charge in [0.2, 0.25) is 0 Å². The summed E-state index contributed by atoms with van der Waals surface area (Å²) < 4.78 is 5.25. The van der Waals surface area contributed by atoms with Crippen LogP contribution >= 0.6 is 0 Å². The second-order valence-corrected chi connectivity index (χ2v) is 5.26. The van der Waals surface area contributed by atoms with Gasteiger partial charge in [-0.15, -0.1) is 0 Å². The van der Waals surface area contributed by atoms with Gasteiger partial charge in [0.25, 0.3) is 0 Å². The number of ether oxygens (including phenoxy) is 1. The minimum Gasteiger partial charge on any atom is -0.380 e. The maximum Gasteiger partial charge on any atom is 0.0542 e. The largest absolute Gasteiger partial charge is 0.380 e. The second-order valence-electron chi connectivity index (χ2n) is 5.26. The molecule has 0 aromatic carbocycles. The van der Waals surface area contributed by atoms with Crippen molar-refractivity contribution in [3.8, 4) is 0 Å². The van der Waals surface area contributed by atoms with E-state index in [2.05, 4.69) is 11.8 Å². The zero-order chi connectivity index (χ0) is 10.0. The molecule has 3 nitrogen and oxygen atoms in total. The van der Waals surface area contributed by atoms with Gasteiger partial charge in [0.05, 0.1) is 13.2 Å². The SMILES string of the molecule is CC1(CCN2CC(CCN)C2)COC1. The third-order valence-electron chi connectivity index (χ3n) is 3.54. The molecule has 2 rings (SSSR count). The molecule has 2 saturated heterocycles. The smallest absolute Gasteiger partial charge is 0.0542 e. The molecule has 2 aliphatic rings. The molecule has 14 heavy (non-hydrogen) atoms. The molecule has 0 aromatic heterocycles. The highest BCUT2D eigenvalue weighted by molar-refractivity contribution is 4.85. The predicted molar refractivity (Wildman–Crippen MR) is 57.1 cm³/mol. The van der Waals surface area contributed by atoms with Crippen molar-refractivity contribution < 1.29 is 4.74 Å². The van der Waals surface area contributed by atoms with Gasteiger partial charge in [0, 0.05) is 18.5 Å². The van der Waals surface area contributed by atoms with Gasteiger partial charge in [-0.3, -0.25) is 0 Å². The Kier molecular flexibility index (Phi) is 3.10. The first-order chi connectivity index (χ1) is 6.72. The summed E-state index contributed by atoms with van der Waals surface area (Å²) in [6.07, 6.45) is 2.50. The van der Waals surface area contributed by atoms with Crippen LogP contribution in [-0.2, 0) is 4.74 Å². The zero-order valence-corrected chi connectivity index (χ0v) is 9.17. The molecule has 2 heterocycles. The highest BCUT2D eigenvalue weighted by Gasteiger charge is 2.35. The quantitative estimate of drug-likeness (QED) is 0.706. The standard InChI is InChI=1S/C11H22N2O/c1-11(8-14-9-11)3-5-13-6-10(7-13)2-4-12/h10H,2-9,12H2,1H3. The maximum absolute atomic E-state index is 5.52. The van der Waals surface area contributed by atoms with E-state index in [1.54, 1.807) is 0 Å². The number of likely N-dealkylation sites (tertiary alicyclic amines) is 1. The first-order valence-electron chi connectivity index (χ1n) is 5.72. The summed E-state index contributed by atoms with van der Waals surface area (Å²) >= 11 is 0. The van der Waals surface area contributed by atoms with Crippen LogP contribution in [0.15, 0.2) is 0 Å². The molecule has 3 heteroatoms. The molecule has 0 aliphatic carbocycles. The molecule has 0 saturated carbocycles. The van der Waals surface area contributed by atoms with E-state index in [9.17, 15) is 0 Å². The molecule has 2 N–H and O–H groups in total. The number of nitrogens with two attached hydrogens (primary N) is 1. The second kappa shape index (κ2) is 4.17. The van der Waals surface area contributed by atoms with Crippen LogP contribution in [-0.4, -0.2) is 44.3 Å². The molecule has 2 aliphatic heterocycles. The van der Waals surface area contributed by atoms with Crippen LogP contribution in [0.1, 0.15) is 19.8 Å². The third-order valence-corrected chi connectivity index (χ3v) is 3.54. The van der Waals surface area contributed by atoms with Crippen LogP contribution in [0.2, 0.25) is 0 Å². The Balaban J connectivity index is 1.56. The summed E-state index contributed by atoms with van der Waals surface area (Å²) in [7, 11) is 0. The summed E-state index contributed by atoms with van der Waals surface area (Å²) in [6.45, 7) is 8.90. The Bertz CT molecular complexity index is 186. The van der Waals surface area contributed by atoms with E-state index in [0.717, 1.165) is 25.7 Å². The molecule has 0 atom stereocenters. The lowest BCUT2D eigenvalue weighted by molar-refractivity contribution is -0.111. The van der Waals surface area contributed by atoms with Gasteiger partial charge in [-0.05, 0) is 31.8 Å². The van der Waals surface area contributed by atoms with Gasteiger partial charge in [-0.2, -0.15) is 0 Å². The van der Waals surface area contributed by atoms with Gasteiger partial charge < -0.3 is 15.4 Å². The summed E-state index contributed by atoms with van der Waals surface area (Å²) in [5.41, 5.74) is 6.01. The molecular formula is C11H22N2O. The average Bonchev–Trinajstić information content (AvgIpc) is 2.05. The first kappa shape index (κ1) is 10.4. The van der Waals surface area contributed by atoms with Crippen molar-refractivity contribution in [2.45, 2.75) is 19.8 Å². The Morgan fingerprint density at radius 3 is 2.64 bits per heavy atom. The summed E-state index contributed by atoms with van der Waals surface area (Å²) in [6, 6.07) is 0. The number of hydrogen-bond acceptors (Lipinski definition) is 3. The van der Waals surface area contributed by atoms with Crippen molar-refractivity contribution >= 4 is 0 Å². The molecule has 0 bridgehead atoms. The fraction of sp³-hybridized carbons (Fsp3) is 1.00. The van der Waals surface area contributed by atoms with E-state index in [1.165, 1.54) is 32.5 Å². The topological polar surface area (TPSA) is 38.5 Å². The van der Waals surface area contributed by atoms with E-state index < -0.39 is 0 Å². The number of nitrogens with zero attached hydrogens (tertiary/aromatic N) is 1. The zero-order valence-electron chi connectivity index (χ0n) is 9.17. The van der Waals surface area contributed by atoms with Crippen LogP contribution in [0.5, 0.6) is 0 Å². The highest BCUT2D eigenvalue weighted by atomic mass is 16.5. The van der Waals surface area contributed by atoms with Crippen LogP contribution < -0.4 is 5.73 Å². The molecule has 2 fully saturated rings. The van der Waals surface area contributed by atoms with Crippen LogP contribution in [0, 0.1) is 11.3 Å². The van der Waals surface area contributed by atoms with Crippen LogP contribution in [0.3, 0.4) is 0 Å². The third kappa shape index (κ3) is 2.27. The average molecular weight is 198 g/mol. The van der Waals surface area contributed by atoms with Crippen molar-refractivity contribution in [2.75, 3.05) is 39.4 Å². The lowest BCUT2D eigenvalue weighted by Gasteiger charge is -2.44. The minimum absolute atomic E-state index is 0.485. The van der Waals surface area contributed by atoms with E-state index in [0.29, 0.717) is 5.41 Å². The predicted octanol–water partition coefficient (Wildman–Crippen LogP) is 0.694. The van der Waals surface area contributed by atoms with E-state index >= 15 is 0 Å². The molecular weight excluding hydrogens is 176 g/mol. The molecule has 0 amide bonds. The Morgan fingerprint density at radius 2 is 2.14 bits per heavy atom. The Morgan fingerprint density at radius 1 is 1.43 bits per heavy atom. The summed E-state index contributed by atoms with van der Waals surface area (Å²) in [5, 5.41) is 0. The Labute approximate surface area is 86.6 Å². The van der Waals surface area contributed by atoms with Crippen molar-refractivity contribution in [1.29, 1.82) is 0 Å². The van der Waals surface area contributed by atoms with E-state index in [-0.39, 0.29) is 0 Å².